The van der Waals surface area contributed by atoms with Crippen LogP contribution in [0.3, 0.4) is 0 Å². The number of fused-ring (bicyclic) bond motifs is 1. The standard InChI is InChI=1S/C22H15N3O2S/c26-21-17-9-4-5-10-18(17)22(27)24(21)13-15-14-25(16-7-2-1-3-8-16)23-20(15)19-11-6-12-28-19/h1-12,14H,13H2. The van der Waals surface area contributed by atoms with Crippen LogP contribution in [0.15, 0.2) is 78.3 Å². The highest BCUT2D eigenvalue weighted by atomic mass is 32.1. The monoisotopic (exact) mass is 385 g/mol. The van der Waals surface area contributed by atoms with Crippen molar-refractivity contribution < 1.29 is 9.59 Å². The van der Waals surface area contributed by atoms with Crippen molar-refractivity contribution in [3.8, 4) is 16.3 Å². The quantitative estimate of drug-likeness (QED) is 0.490. The van der Waals surface area contributed by atoms with Gasteiger partial charge in [-0.1, -0.05) is 36.4 Å². The van der Waals surface area contributed by atoms with E-state index in [-0.39, 0.29) is 18.4 Å². The lowest BCUT2D eigenvalue weighted by Crippen LogP contribution is -2.29. The summed E-state index contributed by atoms with van der Waals surface area (Å²) in [5.41, 5.74) is 3.46. The molecule has 0 atom stereocenters. The van der Waals surface area contributed by atoms with Gasteiger partial charge in [-0.15, -0.1) is 11.3 Å². The van der Waals surface area contributed by atoms with Crippen molar-refractivity contribution in [3.63, 3.8) is 0 Å². The third-order valence-electron chi connectivity index (χ3n) is 4.77. The van der Waals surface area contributed by atoms with Crippen molar-refractivity contribution in [1.82, 2.24) is 14.7 Å². The highest BCUT2D eigenvalue weighted by Crippen LogP contribution is 2.31. The zero-order valence-corrected chi connectivity index (χ0v) is 15.6. The van der Waals surface area contributed by atoms with E-state index in [2.05, 4.69) is 0 Å². The maximum Gasteiger partial charge on any atom is 0.261 e. The van der Waals surface area contributed by atoms with E-state index < -0.39 is 0 Å². The summed E-state index contributed by atoms with van der Waals surface area (Å²) >= 11 is 1.58. The summed E-state index contributed by atoms with van der Waals surface area (Å²) in [7, 11) is 0. The molecule has 0 N–H and O–H groups in total. The molecule has 0 aliphatic carbocycles. The minimum Gasteiger partial charge on any atom is -0.270 e. The molecule has 136 valence electrons. The topological polar surface area (TPSA) is 55.2 Å². The highest BCUT2D eigenvalue weighted by molar-refractivity contribution is 7.13. The van der Waals surface area contributed by atoms with Crippen molar-refractivity contribution in [2.45, 2.75) is 6.54 Å². The minimum atomic E-state index is -0.259. The number of amides is 2. The molecule has 0 radical (unpaired) electrons. The van der Waals surface area contributed by atoms with Gasteiger partial charge in [0.2, 0.25) is 0 Å². The van der Waals surface area contributed by atoms with Crippen molar-refractivity contribution in [2.75, 3.05) is 0 Å². The van der Waals surface area contributed by atoms with Crippen molar-refractivity contribution in [3.05, 3.63) is 95.0 Å². The fourth-order valence-corrected chi connectivity index (χ4v) is 4.16. The van der Waals surface area contributed by atoms with E-state index in [0.29, 0.717) is 11.1 Å². The smallest absolute Gasteiger partial charge is 0.261 e. The van der Waals surface area contributed by atoms with Gasteiger partial charge < -0.3 is 0 Å². The second-order valence-electron chi connectivity index (χ2n) is 6.50. The fourth-order valence-electron chi connectivity index (χ4n) is 3.41. The first-order chi connectivity index (χ1) is 13.7. The summed E-state index contributed by atoms with van der Waals surface area (Å²) in [6.45, 7) is 0.187. The highest BCUT2D eigenvalue weighted by Gasteiger charge is 2.35. The molecule has 4 aromatic rings. The number of hydrogen-bond donors (Lipinski definition) is 0. The van der Waals surface area contributed by atoms with Crippen LogP contribution in [0.5, 0.6) is 0 Å². The third-order valence-corrected chi connectivity index (χ3v) is 5.65. The number of carbonyl (C=O) groups is 2. The molecule has 3 heterocycles. The number of hydrogen-bond acceptors (Lipinski definition) is 4. The van der Waals surface area contributed by atoms with Gasteiger partial charge in [0, 0.05) is 11.8 Å². The van der Waals surface area contributed by atoms with Crippen LogP contribution in [0, 0.1) is 0 Å². The Morgan fingerprint density at radius 2 is 1.50 bits per heavy atom. The molecule has 0 saturated heterocycles. The third kappa shape index (κ3) is 2.66. The van der Waals surface area contributed by atoms with Crippen LogP contribution < -0.4 is 0 Å². The maximum atomic E-state index is 12.8. The van der Waals surface area contributed by atoms with Crippen LogP contribution in [0.25, 0.3) is 16.3 Å². The predicted octanol–water partition coefficient (Wildman–Crippen LogP) is 4.40. The number of aromatic nitrogens is 2. The van der Waals surface area contributed by atoms with E-state index in [1.165, 1.54) is 4.90 Å². The summed E-state index contributed by atoms with van der Waals surface area (Å²) in [5.74, 6) is -0.518. The summed E-state index contributed by atoms with van der Waals surface area (Å²) in [6.07, 6.45) is 1.90. The fraction of sp³-hybridized carbons (Fsp3) is 0.0455. The van der Waals surface area contributed by atoms with E-state index in [4.69, 9.17) is 5.10 Å². The van der Waals surface area contributed by atoms with Gasteiger partial charge in [0.1, 0.15) is 5.69 Å². The first kappa shape index (κ1) is 16.6. The maximum absolute atomic E-state index is 12.8. The molecule has 2 aromatic heterocycles. The van der Waals surface area contributed by atoms with Crippen LogP contribution in [0.2, 0.25) is 0 Å². The van der Waals surface area contributed by atoms with Gasteiger partial charge in [0.05, 0.1) is 28.2 Å². The SMILES string of the molecule is O=C1c2ccccc2C(=O)N1Cc1cn(-c2ccccc2)nc1-c1cccs1. The minimum absolute atomic E-state index is 0.187. The van der Waals surface area contributed by atoms with E-state index in [1.54, 1.807) is 40.3 Å². The average molecular weight is 385 g/mol. The van der Waals surface area contributed by atoms with E-state index in [9.17, 15) is 9.59 Å². The molecular weight excluding hydrogens is 370 g/mol. The predicted molar refractivity (Wildman–Crippen MR) is 108 cm³/mol. The molecule has 1 aliphatic heterocycles. The van der Waals surface area contributed by atoms with Crippen LogP contribution in [0.4, 0.5) is 0 Å². The van der Waals surface area contributed by atoms with E-state index >= 15 is 0 Å². The normalized spacial score (nSPS) is 13.2. The molecule has 0 bridgehead atoms. The van der Waals surface area contributed by atoms with Gasteiger partial charge in [-0.05, 0) is 35.7 Å². The number of carbonyl (C=O) groups excluding carboxylic acids is 2. The van der Waals surface area contributed by atoms with Gasteiger partial charge >= 0.3 is 0 Å². The first-order valence-corrected chi connectivity index (χ1v) is 9.73. The molecule has 5 nitrogen and oxygen atoms in total. The van der Waals surface area contributed by atoms with Crippen molar-refractivity contribution in [1.29, 1.82) is 0 Å². The molecule has 28 heavy (non-hydrogen) atoms. The number of nitrogens with zero attached hydrogens (tertiary/aromatic N) is 3. The summed E-state index contributed by atoms with van der Waals surface area (Å²) in [5, 5.41) is 6.73. The van der Waals surface area contributed by atoms with Crippen LogP contribution in [-0.2, 0) is 6.54 Å². The molecule has 0 spiro atoms. The molecule has 0 fully saturated rings. The largest absolute Gasteiger partial charge is 0.270 e. The van der Waals surface area contributed by atoms with Gasteiger partial charge in [-0.3, -0.25) is 14.5 Å². The molecule has 2 amide bonds. The molecule has 0 unspecified atom stereocenters. The van der Waals surface area contributed by atoms with Crippen molar-refractivity contribution >= 4 is 23.2 Å². The Hall–Kier alpha value is -3.51. The second-order valence-corrected chi connectivity index (χ2v) is 7.45. The molecule has 5 rings (SSSR count). The van der Waals surface area contributed by atoms with Crippen LogP contribution in [0.1, 0.15) is 26.3 Å². The Bertz CT molecular complexity index is 1140. The lowest BCUT2D eigenvalue weighted by molar-refractivity contribution is 0.0642. The zero-order chi connectivity index (χ0) is 19.1. The number of benzene rings is 2. The molecular formula is C22H15N3O2S. The lowest BCUT2D eigenvalue weighted by Gasteiger charge is -2.13. The molecule has 6 heteroatoms. The molecule has 0 saturated carbocycles. The van der Waals surface area contributed by atoms with E-state index in [0.717, 1.165) is 21.8 Å². The Balaban J connectivity index is 1.56. The van der Waals surface area contributed by atoms with Crippen LogP contribution >= 0.6 is 11.3 Å². The Morgan fingerprint density at radius 3 is 2.14 bits per heavy atom. The number of rotatable bonds is 4. The summed E-state index contributed by atoms with van der Waals surface area (Å²) in [4.78, 5) is 27.8. The number of imide groups is 1. The van der Waals surface area contributed by atoms with Gasteiger partial charge in [-0.25, -0.2) is 4.68 Å². The number of para-hydroxylation sites is 1. The zero-order valence-electron chi connectivity index (χ0n) is 14.8. The Morgan fingerprint density at radius 1 is 0.821 bits per heavy atom. The molecule has 2 aromatic carbocycles. The Labute approximate surface area is 165 Å². The Kier molecular flexibility index (Phi) is 3.91. The van der Waals surface area contributed by atoms with Gasteiger partial charge in [0.15, 0.2) is 0 Å². The van der Waals surface area contributed by atoms with E-state index in [1.807, 2.05) is 54.0 Å². The van der Waals surface area contributed by atoms with Gasteiger partial charge in [-0.2, -0.15) is 5.10 Å². The van der Waals surface area contributed by atoms with Gasteiger partial charge in [0.25, 0.3) is 11.8 Å². The molecule has 1 aliphatic rings. The lowest BCUT2D eigenvalue weighted by atomic mass is 10.1. The summed E-state index contributed by atoms with van der Waals surface area (Å²) < 4.78 is 1.79. The number of thiophene rings is 1. The van der Waals surface area contributed by atoms with Crippen molar-refractivity contribution in [2.24, 2.45) is 0 Å². The van der Waals surface area contributed by atoms with Crippen LogP contribution in [-0.4, -0.2) is 26.5 Å². The average Bonchev–Trinajstić information content (AvgIpc) is 3.45. The first-order valence-electron chi connectivity index (χ1n) is 8.85. The second kappa shape index (κ2) is 6.58. The summed E-state index contributed by atoms with van der Waals surface area (Å²) in [6, 6.07) is 20.7.